The first-order valence-electron chi connectivity index (χ1n) is 6.80. The van der Waals surface area contributed by atoms with Crippen LogP contribution in [0.2, 0.25) is 0 Å². The molecule has 0 radical (unpaired) electrons. The maximum atomic E-state index is 11.4. The van der Waals surface area contributed by atoms with Crippen LogP contribution in [0.4, 0.5) is 17.1 Å². The number of nitrogen functional groups attached to an aromatic ring is 1. The highest BCUT2D eigenvalue weighted by atomic mass is 16.1. The Bertz CT molecular complexity index is 528. The number of nitrogens with two attached hydrogens (primary N) is 2. The van der Waals surface area contributed by atoms with Crippen LogP contribution in [-0.2, 0) is 16.0 Å². The van der Waals surface area contributed by atoms with Crippen LogP contribution < -0.4 is 22.1 Å². The summed E-state index contributed by atoms with van der Waals surface area (Å²) in [6.45, 7) is 0.713. The molecule has 0 unspecified atom stereocenters. The number of carbonyl (C=O) groups excluding carboxylic acids is 2. The molecule has 0 fully saturated rings. The predicted molar refractivity (Wildman–Crippen MR) is 79.3 cm³/mol. The van der Waals surface area contributed by atoms with Crippen molar-refractivity contribution in [3.05, 3.63) is 17.7 Å². The second kappa shape index (κ2) is 6.27. The summed E-state index contributed by atoms with van der Waals surface area (Å²) in [5, 5.41) is 6.07. The Balaban J connectivity index is 1.93. The Morgan fingerprint density at radius 3 is 2.85 bits per heavy atom. The first-order chi connectivity index (χ1) is 9.56. The van der Waals surface area contributed by atoms with E-state index < -0.39 is 0 Å². The monoisotopic (exact) mass is 276 g/mol. The van der Waals surface area contributed by atoms with E-state index in [0.717, 1.165) is 36.2 Å². The fraction of sp³-hybridized carbons (Fsp3) is 0.429. The Morgan fingerprint density at radius 1 is 1.30 bits per heavy atom. The lowest BCUT2D eigenvalue weighted by Gasteiger charge is -2.19. The molecule has 0 aromatic heterocycles. The van der Waals surface area contributed by atoms with E-state index in [2.05, 4.69) is 10.6 Å². The van der Waals surface area contributed by atoms with E-state index in [4.69, 9.17) is 11.5 Å². The first-order valence-corrected chi connectivity index (χ1v) is 6.80. The molecule has 6 nitrogen and oxygen atoms in total. The van der Waals surface area contributed by atoms with Crippen molar-refractivity contribution in [3.8, 4) is 0 Å². The van der Waals surface area contributed by atoms with Crippen molar-refractivity contribution in [2.45, 2.75) is 32.1 Å². The molecule has 108 valence electrons. The summed E-state index contributed by atoms with van der Waals surface area (Å²) in [5.74, 6) is -0.240. The molecule has 1 aromatic rings. The number of carbonyl (C=O) groups is 2. The van der Waals surface area contributed by atoms with Gasteiger partial charge >= 0.3 is 0 Å². The average Bonchev–Trinajstić information content (AvgIpc) is 2.39. The Morgan fingerprint density at radius 2 is 2.10 bits per heavy atom. The van der Waals surface area contributed by atoms with Gasteiger partial charge < -0.3 is 22.1 Å². The molecule has 0 saturated carbocycles. The third-order valence-corrected chi connectivity index (χ3v) is 3.34. The van der Waals surface area contributed by atoms with Crippen LogP contribution in [0.1, 0.15) is 31.2 Å². The van der Waals surface area contributed by atoms with Gasteiger partial charge in [-0.2, -0.15) is 0 Å². The van der Waals surface area contributed by atoms with E-state index in [-0.39, 0.29) is 11.8 Å². The van der Waals surface area contributed by atoms with Gasteiger partial charge in [0.25, 0.3) is 0 Å². The molecular formula is C14H20N4O2. The van der Waals surface area contributed by atoms with E-state index in [1.165, 1.54) is 0 Å². The highest BCUT2D eigenvalue weighted by molar-refractivity contribution is 5.95. The normalized spacial score (nSPS) is 13.5. The van der Waals surface area contributed by atoms with E-state index in [1.54, 1.807) is 0 Å². The van der Waals surface area contributed by atoms with Crippen LogP contribution >= 0.6 is 0 Å². The highest BCUT2D eigenvalue weighted by Gasteiger charge is 2.16. The van der Waals surface area contributed by atoms with E-state index in [9.17, 15) is 9.59 Å². The summed E-state index contributed by atoms with van der Waals surface area (Å²) in [6.07, 6.45) is 3.23. The zero-order valence-electron chi connectivity index (χ0n) is 11.4. The summed E-state index contributed by atoms with van der Waals surface area (Å²) in [7, 11) is 0. The molecule has 20 heavy (non-hydrogen) atoms. The second-order valence-corrected chi connectivity index (χ2v) is 4.99. The number of hydrogen-bond donors (Lipinski definition) is 4. The fourth-order valence-electron chi connectivity index (χ4n) is 2.25. The van der Waals surface area contributed by atoms with Gasteiger partial charge in [-0.05, 0) is 37.0 Å². The van der Waals surface area contributed by atoms with Gasteiger partial charge in [0, 0.05) is 25.1 Å². The van der Waals surface area contributed by atoms with Gasteiger partial charge in [0.15, 0.2) is 0 Å². The van der Waals surface area contributed by atoms with Gasteiger partial charge in [0.1, 0.15) is 0 Å². The highest BCUT2D eigenvalue weighted by Crippen LogP contribution is 2.30. The van der Waals surface area contributed by atoms with Gasteiger partial charge in [-0.15, -0.1) is 0 Å². The maximum Gasteiger partial charge on any atom is 0.224 e. The summed E-state index contributed by atoms with van der Waals surface area (Å²) < 4.78 is 0. The summed E-state index contributed by atoms with van der Waals surface area (Å²) in [5.41, 5.74) is 14.5. The number of anilines is 3. The molecule has 6 heteroatoms. The molecule has 1 aromatic carbocycles. The molecule has 0 atom stereocenters. The topological polar surface area (TPSA) is 110 Å². The lowest BCUT2D eigenvalue weighted by molar-refractivity contribution is -0.118. The van der Waals surface area contributed by atoms with Gasteiger partial charge in [0.2, 0.25) is 11.8 Å². The van der Waals surface area contributed by atoms with Crippen molar-refractivity contribution in [1.29, 1.82) is 0 Å². The molecule has 6 N–H and O–H groups in total. The van der Waals surface area contributed by atoms with Crippen molar-refractivity contribution in [2.24, 2.45) is 5.73 Å². The number of amides is 2. The Hall–Kier alpha value is -2.24. The van der Waals surface area contributed by atoms with Crippen molar-refractivity contribution < 1.29 is 9.59 Å². The zero-order valence-corrected chi connectivity index (χ0v) is 11.4. The number of fused-ring (bicyclic) bond motifs is 1. The predicted octanol–water partition coefficient (Wildman–Crippen LogP) is 1.22. The van der Waals surface area contributed by atoms with Gasteiger partial charge in [-0.1, -0.05) is 0 Å². The van der Waals surface area contributed by atoms with E-state index in [0.29, 0.717) is 25.1 Å². The minimum Gasteiger partial charge on any atom is -0.397 e. The maximum absolute atomic E-state index is 11.4. The summed E-state index contributed by atoms with van der Waals surface area (Å²) in [6, 6.07) is 3.77. The number of rotatable bonds is 6. The third-order valence-electron chi connectivity index (χ3n) is 3.34. The lowest BCUT2D eigenvalue weighted by atomic mass is 10.0. The van der Waals surface area contributed by atoms with Crippen molar-refractivity contribution >= 4 is 28.9 Å². The molecule has 0 aliphatic carbocycles. The van der Waals surface area contributed by atoms with Crippen LogP contribution in [-0.4, -0.2) is 18.4 Å². The number of unbranched alkanes of at least 4 members (excludes halogenated alkanes) is 1. The molecule has 0 saturated heterocycles. The summed E-state index contributed by atoms with van der Waals surface area (Å²) in [4.78, 5) is 22.0. The van der Waals surface area contributed by atoms with E-state index in [1.807, 2.05) is 12.1 Å². The molecule has 0 bridgehead atoms. The lowest BCUT2D eigenvalue weighted by Crippen LogP contribution is -2.19. The van der Waals surface area contributed by atoms with Crippen LogP contribution in [0.15, 0.2) is 12.1 Å². The van der Waals surface area contributed by atoms with E-state index >= 15 is 0 Å². The largest absolute Gasteiger partial charge is 0.397 e. The minimum atomic E-state index is -0.277. The standard InChI is InChI=1S/C14H20N4O2/c15-10-7-9-4-5-14(20)18-11(9)8-12(10)17-6-2-1-3-13(16)19/h7-8,17H,1-6,15H2,(H2,16,19)(H,18,20). The van der Waals surface area contributed by atoms with Crippen LogP contribution in [0.5, 0.6) is 0 Å². The number of hydrogen-bond acceptors (Lipinski definition) is 4. The number of benzene rings is 1. The fourth-order valence-corrected chi connectivity index (χ4v) is 2.25. The van der Waals surface area contributed by atoms with Crippen LogP contribution in [0.25, 0.3) is 0 Å². The second-order valence-electron chi connectivity index (χ2n) is 4.99. The summed E-state index contributed by atoms with van der Waals surface area (Å²) >= 11 is 0. The number of nitrogens with one attached hydrogen (secondary N) is 2. The first kappa shape index (κ1) is 14.2. The number of primary amides is 1. The quantitative estimate of drug-likeness (QED) is 0.462. The molecule has 2 amide bonds. The molecular weight excluding hydrogens is 256 g/mol. The van der Waals surface area contributed by atoms with Crippen molar-refractivity contribution in [1.82, 2.24) is 0 Å². The molecule has 2 rings (SSSR count). The van der Waals surface area contributed by atoms with Gasteiger partial charge in [0.05, 0.1) is 11.4 Å². The SMILES string of the molecule is NC(=O)CCCCNc1cc2c(cc1N)CCC(=O)N2. The van der Waals surface area contributed by atoms with Gasteiger partial charge in [-0.25, -0.2) is 0 Å². The molecule has 1 aliphatic heterocycles. The Kier molecular flexibility index (Phi) is 4.45. The third kappa shape index (κ3) is 3.63. The van der Waals surface area contributed by atoms with Crippen molar-refractivity contribution in [3.63, 3.8) is 0 Å². The molecule has 1 aliphatic rings. The van der Waals surface area contributed by atoms with Crippen molar-refractivity contribution in [2.75, 3.05) is 22.9 Å². The molecule has 1 heterocycles. The zero-order chi connectivity index (χ0) is 14.5. The average molecular weight is 276 g/mol. The number of aryl methyl sites for hydroxylation is 1. The smallest absolute Gasteiger partial charge is 0.224 e. The van der Waals surface area contributed by atoms with Gasteiger partial charge in [-0.3, -0.25) is 9.59 Å². The Labute approximate surface area is 117 Å². The van der Waals surface area contributed by atoms with Crippen LogP contribution in [0, 0.1) is 0 Å². The molecule has 0 spiro atoms. The minimum absolute atomic E-state index is 0.0367. The van der Waals surface area contributed by atoms with Crippen LogP contribution in [0.3, 0.4) is 0 Å².